The average Bonchev–Trinajstić information content (AvgIpc) is 2.42. The zero-order valence-corrected chi connectivity index (χ0v) is 12.8. The first-order chi connectivity index (χ1) is 9.52. The first-order valence-electron chi connectivity index (χ1n) is 6.31. The number of anilines is 1. The van der Waals surface area contributed by atoms with Gasteiger partial charge in [-0.25, -0.2) is 0 Å². The Morgan fingerprint density at radius 1 is 1.40 bits per heavy atom. The van der Waals surface area contributed by atoms with Gasteiger partial charge in [0.15, 0.2) is 0 Å². The van der Waals surface area contributed by atoms with E-state index in [0.29, 0.717) is 12.1 Å². The normalized spacial score (nSPS) is 15.9. The zero-order valence-electron chi connectivity index (χ0n) is 11.2. The molecule has 7 heteroatoms. The van der Waals surface area contributed by atoms with Crippen molar-refractivity contribution in [3.8, 4) is 6.07 Å². The van der Waals surface area contributed by atoms with Gasteiger partial charge in [-0.15, -0.1) is 0 Å². The van der Waals surface area contributed by atoms with Crippen LogP contribution in [0.3, 0.4) is 0 Å². The third-order valence-corrected chi connectivity index (χ3v) is 4.10. The standard InChI is InChI=1S/C13H15BrN4O2/c1-10-8-13(11(14)9-12(10)18(19)20)17-6-4-16(3-2-15)5-7-17/h8-9H,3-7H2,1H3. The second-order valence-corrected chi connectivity index (χ2v) is 5.62. The summed E-state index contributed by atoms with van der Waals surface area (Å²) in [7, 11) is 0. The molecule has 0 atom stereocenters. The van der Waals surface area contributed by atoms with Crippen molar-refractivity contribution in [2.24, 2.45) is 0 Å². The minimum absolute atomic E-state index is 0.128. The molecular formula is C13H15BrN4O2. The number of aryl methyl sites for hydroxylation is 1. The van der Waals surface area contributed by atoms with Gasteiger partial charge in [-0.3, -0.25) is 15.0 Å². The minimum atomic E-state index is -0.366. The summed E-state index contributed by atoms with van der Waals surface area (Å²) in [4.78, 5) is 14.8. The van der Waals surface area contributed by atoms with Crippen molar-refractivity contribution in [3.63, 3.8) is 0 Å². The highest BCUT2D eigenvalue weighted by molar-refractivity contribution is 9.10. The molecular weight excluding hydrogens is 324 g/mol. The Hall–Kier alpha value is -1.65. The summed E-state index contributed by atoms with van der Waals surface area (Å²) in [6.07, 6.45) is 0. The number of hydrogen-bond acceptors (Lipinski definition) is 5. The number of nitrogens with zero attached hydrogens (tertiary/aromatic N) is 4. The summed E-state index contributed by atoms with van der Waals surface area (Å²) < 4.78 is 0.739. The molecule has 0 amide bonds. The Bertz CT molecular complexity index is 562. The molecule has 106 valence electrons. The van der Waals surface area contributed by atoms with Crippen LogP contribution < -0.4 is 4.90 Å². The van der Waals surface area contributed by atoms with Crippen LogP contribution in [0.4, 0.5) is 11.4 Å². The maximum Gasteiger partial charge on any atom is 0.273 e. The van der Waals surface area contributed by atoms with Gasteiger partial charge >= 0.3 is 0 Å². The molecule has 0 aliphatic carbocycles. The zero-order chi connectivity index (χ0) is 14.7. The SMILES string of the molecule is Cc1cc(N2CCN(CC#N)CC2)c(Br)cc1[N+](=O)[O-]. The fourth-order valence-electron chi connectivity index (χ4n) is 2.34. The molecule has 0 saturated carbocycles. The third-order valence-electron chi connectivity index (χ3n) is 3.47. The second-order valence-electron chi connectivity index (χ2n) is 4.77. The summed E-state index contributed by atoms with van der Waals surface area (Å²) in [5.74, 6) is 0. The lowest BCUT2D eigenvalue weighted by molar-refractivity contribution is -0.385. The topological polar surface area (TPSA) is 73.4 Å². The molecule has 1 aromatic carbocycles. The molecule has 2 rings (SSSR count). The maximum absolute atomic E-state index is 10.9. The number of halogens is 1. The number of hydrogen-bond donors (Lipinski definition) is 0. The number of piperazine rings is 1. The van der Waals surface area contributed by atoms with Gasteiger partial charge < -0.3 is 4.90 Å². The van der Waals surface area contributed by atoms with E-state index < -0.39 is 0 Å². The Morgan fingerprint density at radius 3 is 2.60 bits per heavy atom. The van der Waals surface area contributed by atoms with Crippen molar-refractivity contribution in [2.75, 3.05) is 37.6 Å². The van der Waals surface area contributed by atoms with Crippen LogP contribution in [-0.4, -0.2) is 42.5 Å². The van der Waals surface area contributed by atoms with Crippen molar-refractivity contribution in [1.82, 2.24) is 4.90 Å². The highest BCUT2D eigenvalue weighted by Gasteiger charge is 2.21. The molecule has 1 aliphatic rings. The second kappa shape index (κ2) is 6.20. The molecule has 0 unspecified atom stereocenters. The van der Waals surface area contributed by atoms with Crippen LogP contribution in [0.25, 0.3) is 0 Å². The molecule has 20 heavy (non-hydrogen) atoms. The van der Waals surface area contributed by atoms with E-state index >= 15 is 0 Å². The van der Waals surface area contributed by atoms with Gasteiger partial charge in [0, 0.05) is 42.3 Å². The average molecular weight is 339 g/mol. The van der Waals surface area contributed by atoms with Crippen LogP contribution >= 0.6 is 15.9 Å². The molecule has 1 fully saturated rings. The number of rotatable bonds is 3. The number of benzene rings is 1. The molecule has 0 aromatic heterocycles. The molecule has 0 bridgehead atoms. The minimum Gasteiger partial charge on any atom is -0.368 e. The van der Waals surface area contributed by atoms with Crippen LogP contribution in [0.5, 0.6) is 0 Å². The summed E-state index contributed by atoms with van der Waals surface area (Å²) >= 11 is 3.42. The van der Waals surface area contributed by atoms with E-state index in [-0.39, 0.29) is 10.6 Å². The number of nitro benzene ring substituents is 1. The summed E-state index contributed by atoms with van der Waals surface area (Å²) in [6.45, 7) is 5.50. The molecule has 1 saturated heterocycles. The molecule has 1 aliphatic heterocycles. The van der Waals surface area contributed by atoms with Crippen LogP contribution in [0.1, 0.15) is 5.56 Å². The predicted molar refractivity (Wildman–Crippen MR) is 79.8 cm³/mol. The fraction of sp³-hybridized carbons (Fsp3) is 0.462. The van der Waals surface area contributed by atoms with Crippen molar-refractivity contribution in [3.05, 3.63) is 32.3 Å². The highest BCUT2D eigenvalue weighted by atomic mass is 79.9. The largest absolute Gasteiger partial charge is 0.368 e. The smallest absolute Gasteiger partial charge is 0.273 e. The van der Waals surface area contributed by atoms with Gasteiger partial charge in [-0.2, -0.15) is 5.26 Å². The molecule has 0 radical (unpaired) electrons. The van der Waals surface area contributed by atoms with E-state index in [1.165, 1.54) is 0 Å². The van der Waals surface area contributed by atoms with Crippen molar-refractivity contribution >= 4 is 27.3 Å². The number of nitriles is 1. The third kappa shape index (κ3) is 3.08. The maximum atomic E-state index is 10.9. The Kier molecular flexibility index (Phi) is 4.57. The molecule has 0 spiro atoms. The predicted octanol–water partition coefficient (Wildman–Crippen LogP) is 2.31. The lowest BCUT2D eigenvalue weighted by Gasteiger charge is -2.35. The molecule has 0 N–H and O–H groups in total. The summed E-state index contributed by atoms with van der Waals surface area (Å²) in [5.41, 5.74) is 1.76. The van der Waals surface area contributed by atoms with Gasteiger partial charge in [0.05, 0.1) is 23.2 Å². The van der Waals surface area contributed by atoms with Gasteiger partial charge in [0.1, 0.15) is 0 Å². The van der Waals surface area contributed by atoms with Crippen LogP contribution in [0.15, 0.2) is 16.6 Å². The van der Waals surface area contributed by atoms with Crippen molar-refractivity contribution in [1.29, 1.82) is 5.26 Å². The molecule has 1 heterocycles. The van der Waals surface area contributed by atoms with E-state index in [1.54, 1.807) is 13.0 Å². The van der Waals surface area contributed by atoms with Crippen LogP contribution in [-0.2, 0) is 0 Å². The van der Waals surface area contributed by atoms with Crippen molar-refractivity contribution < 1.29 is 4.92 Å². The van der Waals surface area contributed by atoms with Gasteiger partial charge in [-0.05, 0) is 28.9 Å². The highest BCUT2D eigenvalue weighted by Crippen LogP contribution is 2.33. The van der Waals surface area contributed by atoms with Gasteiger partial charge in [-0.1, -0.05) is 0 Å². The van der Waals surface area contributed by atoms with Crippen LogP contribution in [0.2, 0.25) is 0 Å². The van der Waals surface area contributed by atoms with Gasteiger partial charge in [0.2, 0.25) is 0 Å². The van der Waals surface area contributed by atoms with E-state index in [0.717, 1.165) is 36.3 Å². The lowest BCUT2D eigenvalue weighted by atomic mass is 10.1. The van der Waals surface area contributed by atoms with Gasteiger partial charge in [0.25, 0.3) is 5.69 Å². The Balaban J connectivity index is 2.17. The number of nitro groups is 1. The Morgan fingerprint density at radius 2 is 2.05 bits per heavy atom. The first kappa shape index (κ1) is 14.8. The quantitative estimate of drug-likeness (QED) is 0.480. The fourth-order valence-corrected chi connectivity index (χ4v) is 2.92. The Labute approximate surface area is 125 Å². The van der Waals surface area contributed by atoms with Crippen molar-refractivity contribution in [2.45, 2.75) is 6.92 Å². The van der Waals surface area contributed by atoms with E-state index in [4.69, 9.17) is 5.26 Å². The van der Waals surface area contributed by atoms with E-state index in [9.17, 15) is 10.1 Å². The first-order valence-corrected chi connectivity index (χ1v) is 7.11. The summed E-state index contributed by atoms with van der Waals surface area (Å²) in [6, 6.07) is 5.57. The molecule has 6 nitrogen and oxygen atoms in total. The monoisotopic (exact) mass is 338 g/mol. The molecule has 1 aromatic rings. The van der Waals surface area contributed by atoms with E-state index in [2.05, 4.69) is 31.8 Å². The van der Waals surface area contributed by atoms with Crippen LogP contribution in [0, 0.1) is 28.4 Å². The van der Waals surface area contributed by atoms with E-state index in [1.807, 2.05) is 6.07 Å². The summed E-state index contributed by atoms with van der Waals surface area (Å²) in [5, 5.41) is 19.6. The lowest BCUT2D eigenvalue weighted by Crippen LogP contribution is -2.46.